The Bertz CT molecular complexity index is 466. The van der Waals surface area contributed by atoms with Crippen LogP contribution in [0.25, 0.3) is 0 Å². The number of phenols is 1. The van der Waals surface area contributed by atoms with E-state index in [4.69, 9.17) is 4.74 Å². The van der Waals surface area contributed by atoms with Gasteiger partial charge < -0.3 is 14.6 Å². The minimum atomic E-state index is -0.189. The number of benzene rings is 1. The third kappa shape index (κ3) is 2.39. The van der Waals surface area contributed by atoms with E-state index in [9.17, 15) is 14.7 Å². The molecular weight excluding hydrogens is 208 g/mol. The molecule has 4 heteroatoms. The molecule has 0 aliphatic heterocycles. The van der Waals surface area contributed by atoms with E-state index in [0.29, 0.717) is 12.6 Å². The number of carbonyl (C=O) groups excluding carboxylic acids is 2. The van der Waals surface area contributed by atoms with Crippen molar-refractivity contribution in [3.05, 3.63) is 23.3 Å². The third-order valence-electron chi connectivity index (χ3n) is 1.92. The van der Waals surface area contributed by atoms with Crippen molar-refractivity contribution in [2.45, 2.75) is 6.42 Å². The van der Waals surface area contributed by atoms with Crippen molar-refractivity contribution in [3.63, 3.8) is 0 Å². The number of carbonyl (C=O) groups is 2. The van der Waals surface area contributed by atoms with E-state index >= 15 is 0 Å². The normalized spacial score (nSPS) is 8.81. The predicted molar refractivity (Wildman–Crippen MR) is 57.6 cm³/mol. The lowest BCUT2D eigenvalue weighted by Gasteiger charge is -2.06. The lowest BCUT2D eigenvalue weighted by atomic mass is 10.1. The SMILES string of the molecule is COc1ccc(C=O)c(C#CCC=O)c1O. The molecule has 1 aromatic carbocycles. The summed E-state index contributed by atoms with van der Waals surface area (Å²) in [7, 11) is 1.40. The minimum Gasteiger partial charge on any atom is -0.503 e. The molecule has 4 nitrogen and oxygen atoms in total. The molecule has 0 radical (unpaired) electrons. The van der Waals surface area contributed by atoms with Crippen molar-refractivity contribution < 1.29 is 19.4 Å². The summed E-state index contributed by atoms with van der Waals surface area (Å²) < 4.78 is 4.89. The van der Waals surface area contributed by atoms with Crippen LogP contribution in [0.1, 0.15) is 22.3 Å². The molecule has 0 saturated heterocycles. The van der Waals surface area contributed by atoms with E-state index in [2.05, 4.69) is 11.8 Å². The van der Waals surface area contributed by atoms with Crippen LogP contribution in [-0.2, 0) is 4.79 Å². The van der Waals surface area contributed by atoms with Gasteiger partial charge in [-0.1, -0.05) is 11.8 Å². The van der Waals surface area contributed by atoms with Gasteiger partial charge in [0.1, 0.15) is 6.29 Å². The van der Waals surface area contributed by atoms with Gasteiger partial charge in [0.05, 0.1) is 19.1 Å². The maximum atomic E-state index is 10.7. The molecule has 0 unspecified atom stereocenters. The first-order valence-electron chi connectivity index (χ1n) is 4.52. The van der Waals surface area contributed by atoms with Gasteiger partial charge in [-0.2, -0.15) is 0 Å². The average Bonchev–Trinajstić information content (AvgIpc) is 2.31. The number of phenolic OH excluding ortho intramolecular Hbond substituents is 1. The van der Waals surface area contributed by atoms with Crippen molar-refractivity contribution in [1.82, 2.24) is 0 Å². The lowest BCUT2D eigenvalue weighted by molar-refractivity contribution is -0.107. The number of aromatic hydroxyl groups is 1. The summed E-state index contributed by atoms with van der Waals surface area (Å²) in [4.78, 5) is 20.8. The Balaban J connectivity index is 3.27. The zero-order valence-electron chi connectivity index (χ0n) is 8.69. The highest BCUT2D eigenvalue weighted by atomic mass is 16.5. The Morgan fingerprint density at radius 2 is 2.19 bits per heavy atom. The molecule has 0 spiro atoms. The zero-order chi connectivity index (χ0) is 12.0. The van der Waals surface area contributed by atoms with E-state index in [-0.39, 0.29) is 29.0 Å². The summed E-state index contributed by atoms with van der Waals surface area (Å²) in [5.41, 5.74) is 0.438. The Morgan fingerprint density at radius 3 is 2.75 bits per heavy atom. The highest BCUT2D eigenvalue weighted by molar-refractivity contribution is 5.82. The Labute approximate surface area is 92.9 Å². The van der Waals surface area contributed by atoms with Crippen molar-refractivity contribution in [2.24, 2.45) is 0 Å². The molecule has 16 heavy (non-hydrogen) atoms. The van der Waals surface area contributed by atoms with E-state index < -0.39 is 0 Å². The third-order valence-corrected chi connectivity index (χ3v) is 1.92. The molecule has 1 N–H and O–H groups in total. The number of ether oxygens (including phenoxy) is 1. The van der Waals surface area contributed by atoms with Crippen LogP contribution >= 0.6 is 0 Å². The second-order valence-corrected chi connectivity index (χ2v) is 2.87. The second kappa shape index (κ2) is 5.56. The minimum absolute atomic E-state index is 0.0505. The van der Waals surface area contributed by atoms with E-state index in [0.717, 1.165) is 0 Å². The molecule has 0 saturated carbocycles. The van der Waals surface area contributed by atoms with Crippen LogP contribution in [0.2, 0.25) is 0 Å². The van der Waals surface area contributed by atoms with Gasteiger partial charge in [-0.3, -0.25) is 4.79 Å². The molecule has 0 heterocycles. The lowest BCUT2D eigenvalue weighted by Crippen LogP contribution is -1.92. The number of rotatable bonds is 3. The first-order valence-corrected chi connectivity index (χ1v) is 4.52. The molecule has 1 rings (SSSR count). The summed E-state index contributed by atoms with van der Waals surface area (Å²) in [5, 5.41) is 9.73. The predicted octanol–water partition coefficient (Wildman–Crippen LogP) is 1.15. The fourth-order valence-electron chi connectivity index (χ4n) is 1.16. The van der Waals surface area contributed by atoms with Crippen molar-refractivity contribution in [3.8, 4) is 23.3 Å². The quantitative estimate of drug-likeness (QED) is 0.610. The standard InChI is InChI=1S/C12H10O4/c1-16-11-6-5-9(8-14)10(12(11)15)4-2-3-7-13/h5-8,15H,3H2,1H3. The highest BCUT2D eigenvalue weighted by Gasteiger charge is 2.10. The Hall–Kier alpha value is -2.28. The van der Waals surface area contributed by atoms with Gasteiger partial charge >= 0.3 is 0 Å². The van der Waals surface area contributed by atoms with Crippen LogP contribution < -0.4 is 4.74 Å². The summed E-state index contributed by atoms with van der Waals surface area (Å²) >= 11 is 0. The largest absolute Gasteiger partial charge is 0.503 e. The molecule has 0 atom stereocenters. The maximum Gasteiger partial charge on any atom is 0.174 e. The van der Waals surface area contributed by atoms with Crippen LogP contribution in [0.4, 0.5) is 0 Å². The fourth-order valence-corrected chi connectivity index (χ4v) is 1.16. The highest BCUT2D eigenvalue weighted by Crippen LogP contribution is 2.30. The van der Waals surface area contributed by atoms with Crippen molar-refractivity contribution >= 4 is 12.6 Å². The molecule has 0 aliphatic rings. The van der Waals surface area contributed by atoms with Gasteiger partial charge in [-0.05, 0) is 12.1 Å². The van der Waals surface area contributed by atoms with Crippen molar-refractivity contribution in [2.75, 3.05) is 7.11 Å². The van der Waals surface area contributed by atoms with Crippen LogP contribution in [0, 0.1) is 11.8 Å². The smallest absolute Gasteiger partial charge is 0.174 e. The van der Waals surface area contributed by atoms with Gasteiger partial charge in [-0.15, -0.1) is 0 Å². The number of hydrogen-bond acceptors (Lipinski definition) is 4. The summed E-state index contributed by atoms with van der Waals surface area (Å²) in [6.45, 7) is 0. The number of aldehydes is 2. The topological polar surface area (TPSA) is 63.6 Å². The van der Waals surface area contributed by atoms with Gasteiger partial charge in [0.25, 0.3) is 0 Å². The van der Waals surface area contributed by atoms with Gasteiger partial charge in [0.2, 0.25) is 0 Å². The molecule has 0 aromatic heterocycles. The Morgan fingerprint density at radius 1 is 1.44 bits per heavy atom. The van der Waals surface area contributed by atoms with E-state index in [1.807, 2.05) is 0 Å². The molecule has 1 aromatic rings. The summed E-state index contributed by atoms with van der Waals surface area (Å²) in [5.74, 6) is 5.14. The molecule has 0 bridgehead atoms. The first-order chi connectivity index (χ1) is 7.74. The average molecular weight is 218 g/mol. The number of hydrogen-bond donors (Lipinski definition) is 1. The van der Waals surface area contributed by atoms with E-state index in [1.165, 1.54) is 19.2 Å². The van der Waals surface area contributed by atoms with Gasteiger partial charge in [0, 0.05) is 5.56 Å². The monoisotopic (exact) mass is 218 g/mol. The number of methoxy groups -OCH3 is 1. The van der Waals surface area contributed by atoms with Crippen LogP contribution in [0.15, 0.2) is 12.1 Å². The Kier molecular flexibility index (Phi) is 4.10. The first kappa shape index (κ1) is 11.8. The molecule has 0 aliphatic carbocycles. The summed E-state index contributed by atoms with van der Waals surface area (Å²) in [6, 6.07) is 2.97. The molecule has 0 amide bonds. The zero-order valence-corrected chi connectivity index (χ0v) is 8.69. The molecular formula is C12H10O4. The maximum absolute atomic E-state index is 10.7. The second-order valence-electron chi connectivity index (χ2n) is 2.87. The molecule has 0 fully saturated rings. The van der Waals surface area contributed by atoms with Gasteiger partial charge in [0.15, 0.2) is 17.8 Å². The van der Waals surface area contributed by atoms with Crippen LogP contribution in [-0.4, -0.2) is 24.8 Å². The van der Waals surface area contributed by atoms with Crippen molar-refractivity contribution in [1.29, 1.82) is 0 Å². The van der Waals surface area contributed by atoms with E-state index in [1.54, 1.807) is 0 Å². The van der Waals surface area contributed by atoms with Crippen LogP contribution in [0.3, 0.4) is 0 Å². The van der Waals surface area contributed by atoms with Gasteiger partial charge in [-0.25, -0.2) is 0 Å². The fraction of sp³-hybridized carbons (Fsp3) is 0.167. The molecule has 82 valence electrons. The summed E-state index contributed by atoms with van der Waals surface area (Å²) in [6.07, 6.45) is 1.28. The van der Waals surface area contributed by atoms with Crippen LogP contribution in [0.5, 0.6) is 11.5 Å².